The van der Waals surface area contributed by atoms with E-state index in [9.17, 15) is 4.79 Å². The summed E-state index contributed by atoms with van der Waals surface area (Å²) in [6, 6.07) is 7.38. The number of ether oxygens (including phenoxy) is 1. The summed E-state index contributed by atoms with van der Waals surface area (Å²) in [5, 5.41) is 0. The average molecular weight is 219 g/mol. The molecule has 2 N–H and O–H groups in total. The zero-order chi connectivity index (χ0) is 11.4. The molecule has 1 aromatic carbocycles. The van der Waals surface area contributed by atoms with Gasteiger partial charge in [-0.1, -0.05) is 12.1 Å². The second-order valence-electron chi connectivity index (χ2n) is 4.32. The van der Waals surface area contributed by atoms with Gasteiger partial charge in [0.15, 0.2) is 0 Å². The molecule has 0 radical (unpaired) electrons. The highest BCUT2D eigenvalue weighted by Crippen LogP contribution is 2.21. The summed E-state index contributed by atoms with van der Waals surface area (Å²) in [4.78, 5) is 11.6. The first kappa shape index (κ1) is 11.0. The number of hydrogen-bond acceptors (Lipinski definition) is 3. The van der Waals surface area contributed by atoms with Gasteiger partial charge in [-0.25, -0.2) is 0 Å². The summed E-state index contributed by atoms with van der Waals surface area (Å²) in [5.41, 5.74) is 7.25. The fraction of sp³-hybridized carbons (Fsp3) is 0.462. The van der Waals surface area contributed by atoms with Gasteiger partial charge >= 0.3 is 5.97 Å². The zero-order valence-corrected chi connectivity index (χ0v) is 9.32. The Morgan fingerprint density at radius 2 is 2.12 bits per heavy atom. The van der Waals surface area contributed by atoms with Gasteiger partial charge in [-0.15, -0.1) is 0 Å². The Kier molecular flexibility index (Phi) is 3.44. The van der Waals surface area contributed by atoms with Crippen LogP contribution in [0.5, 0.6) is 0 Å². The molecule has 0 bridgehead atoms. The fourth-order valence-corrected chi connectivity index (χ4v) is 2.10. The van der Waals surface area contributed by atoms with Crippen LogP contribution in [0.25, 0.3) is 0 Å². The molecule has 86 valence electrons. The molecule has 1 aliphatic carbocycles. The first-order valence-electron chi connectivity index (χ1n) is 5.78. The molecule has 1 aromatic rings. The van der Waals surface area contributed by atoms with E-state index in [-0.39, 0.29) is 12.1 Å². The molecule has 0 heterocycles. The van der Waals surface area contributed by atoms with E-state index >= 15 is 0 Å². The third kappa shape index (κ3) is 2.99. The highest BCUT2D eigenvalue weighted by molar-refractivity contribution is 5.73. The highest BCUT2D eigenvalue weighted by atomic mass is 16.5. The molecule has 3 nitrogen and oxygen atoms in total. The maximum atomic E-state index is 11.6. The number of hydrogen-bond donors (Lipinski definition) is 1. The number of rotatable bonds is 3. The average Bonchev–Trinajstić information content (AvgIpc) is 2.70. The van der Waals surface area contributed by atoms with Crippen LogP contribution in [-0.4, -0.2) is 12.1 Å². The van der Waals surface area contributed by atoms with Crippen LogP contribution in [0.15, 0.2) is 24.3 Å². The normalized spacial score (nSPS) is 16.2. The van der Waals surface area contributed by atoms with Crippen LogP contribution in [-0.2, 0) is 16.0 Å². The number of nitrogen functional groups attached to an aromatic ring is 1. The minimum absolute atomic E-state index is 0.141. The molecule has 0 spiro atoms. The molecule has 1 fully saturated rings. The lowest BCUT2D eigenvalue weighted by atomic mass is 10.1. The van der Waals surface area contributed by atoms with Gasteiger partial charge in [-0.2, -0.15) is 0 Å². The van der Waals surface area contributed by atoms with Crippen molar-refractivity contribution in [3.8, 4) is 0 Å². The lowest BCUT2D eigenvalue weighted by Crippen LogP contribution is -2.16. The minimum Gasteiger partial charge on any atom is -0.462 e. The van der Waals surface area contributed by atoms with Crippen molar-refractivity contribution in [3.05, 3.63) is 29.8 Å². The van der Waals surface area contributed by atoms with E-state index in [1.54, 1.807) is 0 Å². The van der Waals surface area contributed by atoms with Gasteiger partial charge < -0.3 is 10.5 Å². The molecular weight excluding hydrogens is 202 g/mol. The smallest absolute Gasteiger partial charge is 0.310 e. The van der Waals surface area contributed by atoms with Gasteiger partial charge in [-0.05, 0) is 43.4 Å². The van der Waals surface area contributed by atoms with Crippen LogP contribution in [0.3, 0.4) is 0 Å². The van der Waals surface area contributed by atoms with E-state index in [0.29, 0.717) is 12.1 Å². The lowest BCUT2D eigenvalue weighted by Gasteiger charge is -2.11. The van der Waals surface area contributed by atoms with Gasteiger partial charge in [0.25, 0.3) is 0 Å². The van der Waals surface area contributed by atoms with Crippen LogP contribution in [0.2, 0.25) is 0 Å². The summed E-state index contributed by atoms with van der Waals surface area (Å²) < 4.78 is 5.38. The number of carbonyl (C=O) groups excluding carboxylic acids is 1. The second-order valence-corrected chi connectivity index (χ2v) is 4.32. The third-order valence-electron chi connectivity index (χ3n) is 2.90. The number of esters is 1. The third-order valence-corrected chi connectivity index (χ3v) is 2.90. The van der Waals surface area contributed by atoms with E-state index in [4.69, 9.17) is 10.5 Å². The van der Waals surface area contributed by atoms with Crippen molar-refractivity contribution < 1.29 is 9.53 Å². The van der Waals surface area contributed by atoms with E-state index < -0.39 is 0 Å². The van der Waals surface area contributed by atoms with Crippen LogP contribution < -0.4 is 5.73 Å². The molecule has 0 aliphatic heterocycles. The van der Waals surface area contributed by atoms with Crippen molar-refractivity contribution in [2.45, 2.75) is 38.2 Å². The first-order chi connectivity index (χ1) is 7.74. The van der Waals surface area contributed by atoms with Gasteiger partial charge in [0.05, 0.1) is 6.42 Å². The molecule has 0 unspecified atom stereocenters. The van der Waals surface area contributed by atoms with E-state index in [0.717, 1.165) is 18.4 Å². The molecule has 0 amide bonds. The van der Waals surface area contributed by atoms with E-state index in [2.05, 4.69) is 0 Å². The molecular formula is C13H17NO2. The number of carbonyl (C=O) groups is 1. The molecule has 2 rings (SSSR count). The number of nitrogens with two attached hydrogens (primary N) is 1. The largest absolute Gasteiger partial charge is 0.462 e. The van der Waals surface area contributed by atoms with Gasteiger partial charge in [0.2, 0.25) is 0 Å². The molecule has 16 heavy (non-hydrogen) atoms. The predicted molar refractivity (Wildman–Crippen MR) is 62.9 cm³/mol. The minimum atomic E-state index is -0.141. The summed E-state index contributed by atoms with van der Waals surface area (Å²) in [6.45, 7) is 0. The summed E-state index contributed by atoms with van der Waals surface area (Å²) >= 11 is 0. The summed E-state index contributed by atoms with van der Waals surface area (Å²) in [6.07, 6.45) is 4.85. The molecule has 3 heteroatoms. The molecule has 0 saturated heterocycles. The summed E-state index contributed by atoms with van der Waals surface area (Å²) in [5.74, 6) is -0.141. The topological polar surface area (TPSA) is 52.3 Å². The highest BCUT2D eigenvalue weighted by Gasteiger charge is 2.19. The zero-order valence-electron chi connectivity index (χ0n) is 9.32. The van der Waals surface area contributed by atoms with Gasteiger partial charge in [0, 0.05) is 5.69 Å². The van der Waals surface area contributed by atoms with Crippen LogP contribution in [0.4, 0.5) is 5.69 Å². The van der Waals surface area contributed by atoms with Gasteiger partial charge in [-0.3, -0.25) is 4.79 Å². The monoisotopic (exact) mass is 219 g/mol. The molecule has 0 aromatic heterocycles. The summed E-state index contributed by atoms with van der Waals surface area (Å²) in [7, 11) is 0. The predicted octanol–water partition coefficient (Wildman–Crippen LogP) is 2.30. The molecule has 0 atom stereocenters. The Balaban J connectivity index is 1.86. The van der Waals surface area contributed by atoms with Crippen LogP contribution >= 0.6 is 0 Å². The van der Waals surface area contributed by atoms with Crippen molar-refractivity contribution in [2.75, 3.05) is 5.73 Å². The SMILES string of the molecule is Nc1cccc(CC(=O)OC2CCCC2)c1. The maximum absolute atomic E-state index is 11.6. The maximum Gasteiger partial charge on any atom is 0.310 e. The van der Waals surface area contributed by atoms with Crippen molar-refractivity contribution in [1.29, 1.82) is 0 Å². The van der Waals surface area contributed by atoms with Gasteiger partial charge in [0.1, 0.15) is 6.10 Å². The fourth-order valence-electron chi connectivity index (χ4n) is 2.10. The van der Waals surface area contributed by atoms with Crippen LogP contribution in [0.1, 0.15) is 31.2 Å². The Morgan fingerprint density at radius 1 is 1.38 bits per heavy atom. The Bertz CT molecular complexity index is 370. The second kappa shape index (κ2) is 5.01. The number of benzene rings is 1. The Morgan fingerprint density at radius 3 is 2.81 bits per heavy atom. The standard InChI is InChI=1S/C13H17NO2/c14-11-5-3-4-10(8-11)9-13(15)16-12-6-1-2-7-12/h3-5,8,12H,1-2,6-7,9,14H2. The Hall–Kier alpha value is -1.51. The first-order valence-corrected chi connectivity index (χ1v) is 5.78. The molecule has 1 aliphatic rings. The van der Waals surface area contributed by atoms with Crippen molar-refractivity contribution in [2.24, 2.45) is 0 Å². The van der Waals surface area contributed by atoms with Crippen molar-refractivity contribution >= 4 is 11.7 Å². The van der Waals surface area contributed by atoms with Crippen LogP contribution in [0, 0.1) is 0 Å². The van der Waals surface area contributed by atoms with Crippen molar-refractivity contribution in [3.63, 3.8) is 0 Å². The van der Waals surface area contributed by atoms with E-state index in [1.165, 1.54) is 12.8 Å². The quantitative estimate of drug-likeness (QED) is 0.627. The van der Waals surface area contributed by atoms with E-state index in [1.807, 2.05) is 24.3 Å². The Labute approximate surface area is 95.6 Å². The molecule has 1 saturated carbocycles. The lowest BCUT2D eigenvalue weighted by molar-refractivity contribution is -0.147. The number of anilines is 1. The van der Waals surface area contributed by atoms with Crippen molar-refractivity contribution in [1.82, 2.24) is 0 Å².